The van der Waals surface area contributed by atoms with Crippen LogP contribution in [0.5, 0.6) is 5.75 Å². The maximum Gasteiger partial charge on any atom is 0.335 e. The number of carboxylic acid groups (broad SMARTS) is 2. The molecule has 7 heteroatoms. The van der Waals surface area contributed by atoms with Crippen molar-refractivity contribution in [3.05, 3.63) is 59.2 Å². The number of para-hydroxylation sites is 1. The van der Waals surface area contributed by atoms with E-state index >= 15 is 0 Å². The number of methoxy groups -OCH3 is 1. The molecule has 0 spiro atoms. The number of rotatable bonds is 6. The van der Waals surface area contributed by atoms with E-state index in [-0.39, 0.29) is 23.2 Å². The van der Waals surface area contributed by atoms with Crippen LogP contribution in [0.25, 0.3) is 0 Å². The van der Waals surface area contributed by atoms with Crippen molar-refractivity contribution >= 4 is 23.5 Å². The highest BCUT2D eigenvalue weighted by Gasteiger charge is 2.14. The van der Waals surface area contributed by atoms with Crippen LogP contribution in [0.2, 0.25) is 0 Å². The summed E-state index contributed by atoms with van der Waals surface area (Å²) >= 11 is 0. The Morgan fingerprint density at radius 3 is 2.12 bits per heavy atom. The number of hydrogen-bond acceptors (Lipinski definition) is 4. The number of nitrogens with one attached hydrogen (secondary N) is 1. The smallest absolute Gasteiger partial charge is 0.335 e. The zero-order chi connectivity index (χ0) is 17.7. The topological polar surface area (TPSA) is 113 Å². The highest BCUT2D eigenvalue weighted by Crippen LogP contribution is 2.20. The summed E-state index contributed by atoms with van der Waals surface area (Å²) in [6.45, 7) is 0. The SMILES string of the molecule is COc1ccccc1CC(=O)Nc1cc(C(=O)O)cc(C(=O)O)c1. The first-order valence-corrected chi connectivity index (χ1v) is 6.94. The van der Waals surface area contributed by atoms with Gasteiger partial charge in [0.1, 0.15) is 5.75 Å². The molecular weight excluding hydrogens is 314 g/mol. The third kappa shape index (κ3) is 4.10. The molecule has 0 unspecified atom stereocenters. The molecule has 0 fully saturated rings. The first-order chi connectivity index (χ1) is 11.4. The molecule has 0 atom stereocenters. The minimum atomic E-state index is -1.28. The van der Waals surface area contributed by atoms with E-state index in [1.807, 2.05) is 0 Å². The van der Waals surface area contributed by atoms with Crippen LogP contribution in [0.4, 0.5) is 5.69 Å². The van der Waals surface area contributed by atoms with Crippen molar-refractivity contribution in [3.8, 4) is 5.75 Å². The van der Waals surface area contributed by atoms with Crippen molar-refractivity contribution in [2.45, 2.75) is 6.42 Å². The first kappa shape index (κ1) is 17.0. The van der Waals surface area contributed by atoms with Crippen LogP contribution in [0.15, 0.2) is 42.5 Å². The largest absolute Gasteiger partial charge is 0.496 e. The molecule has 0 radical (unpaired) electrons. The van der Waals surface area contributed by atoms with Crippen LogP contribution < -0.4 is 10.1 Å². The van der Waals surface area contributed by atoms with Gasteiger partial charge in [-0.25, -0.2) is 9.59 Å². The van der Waals surface area contributed by atoms with Crippen LogP contribution in [0.3, 0.4) is 0 Å². The van der Waals surface area contributed by atoms with E-state index in [0.717, 1.165) is 6.07 Å². The van der Waals surface area contributed by atoms with Crippen molar-refractivity contribution in [2.75, 3.05) is 12.4 Å². The summed E-state index contributed by atoms with van der Waals surface area (Å²) in [6.07, 6.45) is 0.00369. The van der Waals surface area contributed by atoms with Gasteiger partial charge in [0.05, 0.1) is 24.7 Å². The Morgan fingerprint density at radius 1 is 1.00 bits per heavy atom. The molecule has 7 nitrogen and oxygen atoms in total. The molecule has 0 aromatic heterocycles. The molecule has 2 aromatic rings. The average molecular weight is 329 g/mol. The van der Waals surface area contributed by atoms with Gasteiger partial charge in [-0.15, -0.1) is 0 Å². The number of anilines is 1. The molecule has 124 valence electrons. The summed E-state index contributed by atoms with van der Waals surface area (Å²) in [4.78, 5) is 34.3. The Kier molecular flexibility index (Phi) is 5.16. The van der Waals surface area contributed by atoms with Crippen molar-refractivity contribution in [1.29, 1.82) is 0 Å². The zero-order valence-electron chi connectivity index (χ0n) is 12.8. The Hall–Kier alpha value is -3.35. The summed E-state index contributed by atoms with van der Waals surface area (Å²) in [5, 5.41) is 20.6. The molecule has 3 N–H and O–H groups in total. The predicted molar refractivity (Wildman–Crippen MR) is 85.7 cm³/mol. The van der Waals surface area contributed by atoms with Crippen molar-refractivity contribution in [2.24, 2.45) is 0 Å². The summed E-state index contributed by atoms with van der Waals surface area (Å²) < 4.78 is 5.16. The van der Waals surface area contributed by atoms with Crippen LogP contribution in [-0.4, -0.2) is 35.2 Å². The molecule has 24 heavy (non-hydrogen) atoms. The van der Waals surface area contributed by atoms with Gasteiger partial charge in [-0.3, -0.25) is 4.79 Å². The Balaban J connectivity index is 2.22. The highest BCUT2D eigenvalue weighted by atomic mass is 16.5. The monoisotopic (exact) mass is 329 g/mol. The minimum Gasteiger partial charge on any atom is -0.496 e. The summed E-state index contributed by atoms with van der Waals surface area (Å²) in [6, 6.07) is 10.4. The van der Waals surface area contributed by atoms with Gasteiger partial charge >= 0.3 is 11.9 Å². The molecule has 2 rings (SSSR count). The highest BCUT2D eigenvalue weighted by molar-refractivity contribution is 5.99. The lowest BCUT2D eigenvalue weighted by atomic mass is 10.1. The maximum absolute atomic E-state index is 12.2. The van der Waals surface area contributed by atoms with E-state index in [1.54, 1.807) is 24.3 Å². The number of aromatic carboxylic acids is 2. The third-order valence-electron chi connectivity index (χ3n) is 3.25. The molecular formula is C17H15NO6. The zero-order valence-corrected chi connectivity index (χ0v) is 12.8. The summed E-state index contributed by atoms with van der Waals surface area (Å²) in [5.74, 6) is -2.42. The van der Waals surface area contributed by atoms with Gasteiger partial charge in [0, 0.05) is 11.3 Å². The number of benzene rings is 2. The van der Waals surface area contributed by atoms with Crippen molar-refractivity contribution in [1.82, 2.24) is 0 Å². The normalized spacial score (nSPS) is 10.0. The van der Waals surface area contributed by atoms with E-state index in [9.17, 15) is 14.4 Å². The number of amides is 1. The standard InChI is InChI=1S/C17H15NO6/c1-24-14-5-3-2-4-10(14)9-15(19)18-13-7-11(16(20)21)6-12(8-13)17(22)23/h2-8H,9H2,1H3,(H,18,19)(H,20,21)(H,22,23). The molecule has 0 saturated heterocycles. The average Bonchev–Trinajstić information content (AvgIpc) is 2.54. The number of carbonyl (C=O) groups excluding carboxylic acids is 1. The molecule has 0 heterocycles. The second kappa shape index (κ2) is 7.28. The molecule has 0 saturated carbocycles. The first-order valence-electron chi connectivity index (χ1n) is 6.94. The molecule has 0 aliphatic rings. The molecule has 0 aliphatic carbocycles. The van der Waals surface area contributed by atoms with Gasteiger partial charge < -0.3 is 20.3 Å². The van der Waals surface area contributed by atoms with E-state index in [0.29, 0.717) is 11.3 Å². The summed E-state index contributed by atoms with van der Waals surface area (Å²) in [5.41, 5.74) is 0.322. The number of hydrogen-bond donors (Lipinski definition) is 3. The second-order valence-corrected chi connectivity index (χ2v) is 4.95. The predicted octanol–water partition coefficient (Wildman–Crippen LogP) is 2.27. The van der Waals surface area contributed by atoms with Gasteiger partial charge in [-0.1, -0.05) is 18.2 Å². The van der Waals surface area contributed by atoms with Crippen LogP contribution in [0, 0.1) is 0 Å². The lowest BCUT2D eigenvalue weighted by Crippen LogP contribution is -2.16. The van der Waals surface area contributed by atoms with Gasteiger partial charge in [0.25, 0.3) is 0 Å². The van der Waals surface area contributed by atoms with Crippen LogP contribution in [0.1, 0.15) is 26.3 Å². The molecule has 2 aromatic carbocycles. The fraction of sp³-hybridized carbons (Fsp3) is 0.118. The number of ether oxygens (including phenoxy) is 1. The van der Waals surface area contributed by atoms with Crippen molar-refractivity contribution < 1.29 is 29.3 Å². The third-order valence-corrected chi connectivity index (χ3v) is 3.25. The minimum absolute atomic E-state index is 0.00369. The molecule has 1 amide bonds. The Bertz CT molecular complexity index is 767. The number of carbonyl (C=O) groups is 3. The Labute approximate surface area is 137 Å². The quantitative estimate of drug-likeness (QED) is 0.749. The molecule has 0 bridgehead atoms. The maximum atomic E-state index is 12.2. The lowest BCUT2D eigenvalue weighted by Gasteiger charge is -2.10. The fourth-order valence-electron chi connectivity index (χ4n) is 2.17. The van der Waals surface area contributed by atoms with E-state index in [1.165, 1.54) is 19.2 Å². The van der Waals surface area contributed by atoms with E-state index in [4.69, 9.17) is 14.9 Å². The lowest BCUT2D eigenvalue weighted by molar-refractivity contribution is -0.115. The van der Waals surface area contributed by atoms with Gasteiger partial charge in [-0.2, -0.15) is 0 Å². The Morgan fingerprint density at radius 2 is 1.58 bits per heavy atom. The summed E-state index contributed by atoms with van der Waals surface area (Å²) in [7, 11) is 1.49. The second-order valence-electron chi connectivity index (χ2n) is 4.95. The van der Waals surface area contributed by atoms with Gasteiger partial charge in [0.2, 0.25) is 5.91 Å². The molecule has 0 aliphatic heterocycles. The van der Waals surface area contributed by atoms with E-state index in [2.05, 4.69) is 5.32 Å². The van der Waals surface area contributed by atoms with E-state index < -0.39 is 17.8 Å². The van der Waals surface area contributed by atoms with Crippen molar-refractivity contribution in [3.63, 3.8) is 0 Å². The van der Waals surface area contributed by atoms with Crippen LogP contribution in [-0.2, 0) is 11.2 Å². The van der Waals surface area contributed by atoms with Gasteiger partial charge in [-0.05, 0) is 24.3 Å². The fourth-order valence-corrected chi connectivity index (χ4v) is 2.17. The van der Waals surface area contributed by atoms with Gasteiger partial charge in [0.15, 0.2) is 0 Å². The van der Waals surface area contributed by atoms with Crippen LogP contribution >= 0.6 is 0 Å². The number of carboxylic acids is 2.